The first-order chi connectivity index (χ1) is 6.77. The molecule has 0 radical (unpaired) electrons. The highest BCUT2D eigenvalue weighted by Crippen LogP contribution is 2.05. The summed E-state index contributed by atoms with van der Waals surface area (Å²) in [4.78, 5) is 18.3. The van der Waals surface area contributed by atoms with Crippen LogP contribution in [-0.4, -0.2) is 25.4 Å². The average Bonchev–Trinajstić information content (AvgIpc) is 2.58. The summed E-state index contributed by atoms with van der Waals surface area (Å²) in [6.45, 7) is 0. The van der Waals surface area contributed by atoms with Crippen LogP contribution in [0.1, 0.15) is 5.69 Å². The summed E-state index contributed by atoms with van der Waals surface area (Å²) in [5.74, 6) is -0.978. The zero-order valence-electron chi connectivity index (χ0n) is 7.16. The van der Waals surface area contributed by atoms with Crippen LogP contribution in [0, 0.1) is 0 Å². The molecular weight excluding hydrogens is 182 g/mol. The fourth-order valence-electron chi connectivity index (χ4n) is 1.14. The first kappa shape index (κ1) is 8.43. The van der Waals surface area contributed by atoms with E-state index in [1.165, 1.54) is 6.08 Å². The molecule has 0 unspecified atom stereocenters. The molecule has 2 aromatic heterocycles. The van der Waals surface area contributed by atoms with Crippen LogP contribution in [0.15, 0.2) is 30.9 Å². The predicted octanol–water partition coefficient (Wildman–Crippen LogP) is 0.827. The highest BCUT2D eigenvalue weighted by atomic mass is 16.4. The number of rotatable bonds is 2. The first-order valence-corrected chi connectivity index (χ1v) is 3.95. The monoisotopic (exact) mass is 189 g/mol. The second-order valence-electron chi connectivity index (χ2n) is 2.66. The van der Waals surface area contributed by atoms with Gasteiger partial charge in [0, 0.05) is 18.5 Å². The van der Waals surface area contributed by atoms with Crippen LogP contribution in [0.2, 0.25) is 0 Å². The van der Waals surface area contributed by atoms with Crippen molar-refractivity contribution < 1.29 is 9.90 Å². The summed E-state index contributed by atoms with van der Waals surface area (Å²) in [6.07, 6.45) is 9.11. The van der Waals surface area contributed by atoms with E-state index >= 15 is 0 Å². The Morgan fingerprint density at radius 1 is 1.50 bits per heavy atom. The van der Waals surface area contributed by atoms with Gasteiger partial charge in [-0.2, -0.15) is 0 Å². The van der Waals surface area contributed by atoms with Crippen LogP contribution < -0.4 is 0 Å². The number of imidazole rings is 1. The molecule has 14 heavy (non-hydrogen) atoms. The lowest BCUT2D eigenvalue weighted by Crippen LogP contribution is -1.89. The molecule has 0 aliphatic heterocycles. The highest BCUT2D eigenvalue weighted by Gasteiger charge is 1.98. The summed E-state index contributed by atoms with van der Waals surface area (Å²) >= 11 is 0. The maximum absolute atomic E-state index is 10.3. The standard InChI is InChI=1S/C9H7N3O2/c13-9(14)2-1-7-5-11-8-6-10-3-4-12(7)8/h1-6H,(H,13,14)/b2-1+. The van der Waals surface area contributed by atoms with Gasteiger partial charge in [-0.3, -0.25) is 9.38 Å². The zero-order valence-corrected chi connectivity index (χ0v) is 7.16. The van der Waals surface area contributed by atoms with E-state index in [9.17, 15) is 4.79 Å². The van der Waals surface area contributed by atoms with Crippen molar-refractivity contribution in [3.05, 3.63) is 36.6 Å². The second kappa shape index (κ2) is 3.29. The van der Waals surface area contributed by atoms with Crippen molar-refractivity contribution in [2.24, 2.45) is 0 Å². The van der Waals surface area contributed by atoms with Gasteiger partial charge in [-0.15, -0.1) is 0 Å². The lowest BCUT2D eigenvalue weighted by Gasteiger charge is -1.93. The van der Waals surface area contributed by atoms with Gasteiger partial charge >= 0.3 is 5.97 Å². The Morgan fingerprint density at radius 2 is 2.36 bits per heavy atom. The van der Waals surface area contributed by atoms with E-state index in [1.807, 2.05) is 0 Å². The van der Waals surface area contributed by atoms with Crippen molar-refractivity contribution in [1.82, 2.24) is 14.4 Å². The lowest BCUT2D eigenvalue weighted by molar-refractivity contribution is -0.131. The van der Waals surface area contributed by atoms with Crippen LogP contribution in [0.4, 0.5) is 0 Å². The molecule has 0 bridgehead atoms. The Balaban J connectivity index is 2.48. The predicted molar refractivity (Wildman–Crippen MR) is 49.7 cm³/mol. The summed E-state index contributed by atoms with van der Waals surface area (Å²) in [7, 11) is 0. The molecule has 2 heterocycles. The molecule has 0 saturated heterocycles. The van der Waals surface area contributed by atoms with E-state index < -0.39 is 5.97 Å². The van der Waals surface area contributed by atoms with E-state index in [0.717, 1.165) is 6.08 Å². The molecule has 0 amide bonds. The lowest BCUT2D eigenvalue weighted by atomic mass is 10.4. The molecule has 0 aromatic carbocycles. The summed E-state index contributed by atoms with van der Waals surface area (Å²) in [6, 6.07) is 0. The Labute approximate surface area is 79.3 Å². The van der Waals surface area contributed by atoms with Gasteiger partial charge in [-0.05, 0) is 6.08 Å². The van der Waals surface area contributed by atoms with Crippen LogP contribution in [0.25, 0.3) is 11.7 Å². The van der Waals surface area contributed by atoms with Gasteiger partial charge in [-0.1, -0.05) is 0 Å². The molecule has 0 atom stereocenters. The largest absolute Gasteiger partial charge is 0.478 e. The maximum atomic E-state index is 10.3. The number of aliphatic carboxylic acids is 1. The van der Waals surface area contributed by atoms with Gasteiger partial charge in [0.1, 0.15) is 0 Å². The highest BCUT2D eigenvalue weighted by molar-refractivity contribution is 5.85. The minimum Gasteiger partial charge on any atom is -0.478 e. The van der Waals surface area contributed by atoms with Crippen molar-refractivity contribution in [2.75, 3.05) is 0 Å². The minimum atomic E-state index is -0.978. The van der Waals surface area contributed by atoms with Crippen LogP contribution >= 0.6 is 0 Å². The van der Waals surface area contributed by atoms with Crippen molar-refractivity contribution in [2.45, 2.75) is 0 Å². The number of aromatic nitrogens is 3. The first-order valence-electron chi connectivity index (χ1n) is 3.95. The average molecular weight is 189 g/mol. The van der Waals surface area contributed by atoms with E-state index in [-0.39, 0.29) is 0 Å². The van der Waals surface area contributed by atoms with Crippen molar-refractivity contribution >= 4 is 17.7 Å². The SMILES string of the molecule is O=C(O)/C=C/c1cnc2cnccn12. The van der Waals surface area contributed by atoms with E-state index in [2.05, 4.69) is 9.97 Å². The van der Waals surface area contributed by atoms with Crippen LogP contribution in [0.5, 0.6) is 0 Å². The second-order valence-corrected chi connectivity index (χ2v) is 2.66. The molecule has 0 fully saturated rings. The third-order valence-electron chi connectivity index (χ3n) is 1.74. The third kappa shape index (κ3) is 1.47. The molecule has 0 saturated carbocycles. The number of nitrogens with zero attached hydrogens (tertiary/aromatic N) is 3. The fourth-order valence-corrected chi connectivity index (χ4v) is 1.14. The van der Waals surface area contributed by atoms with Gasteiger partial charge in [0.15, 0.2) is 5.65 Å². The van der Waals surface area contributed by atoms with Crippen molar-refractivity contribution in [3.63, 3.8) is 0 Å². The third-order valence-corrected chi connectivity index (χ3v) is 1.74. The Morgan fingerprint density at radius 3 is 3.14 bits per heavy atom. The normalized spacial score (nSPS) is 11.1. The van der Waals surface area contributed by atoms with E-state index in [0.29, 0.717) is 11.3 Å². The van der Waals surface area contributed by atoms with E-state index in [4.69, 9.17) is 5.11 Å². The topological polar surface area (TPSA) is 67.5 Å². The number of fused-ring (bicyclic) bond motifs is 1. The molecule has 5 nitrogen and oxygen atoms in total. The number of carboxylic acid groups (broad SMARTS) is 1. The molecule has 70 valence electrons. The quantitative estimate of drug-likeness (QED) is 0.710. The molecule has 1 N–H and O–H groups in total. The minimum absolute atomic E-state index is 0.692. The fraction of sp³-hybridized carbons (Fsp3) is 0. The van der Waals surface area contributed by atoms with Gasteiger partial charge in [-0.25, -0.2) is 9.78 Å². The Kier molecular flexibility index (Phi) is 1.98. The van der Waals surface area contributed by atoms with Crippen molar-refractivity contribution in [3.8, 4) is 0 Å². The van der Waals surface area contributed by atoms with Crippen LogP contribution in [0.3, 0.4) is 0 Å². The number of hydrogen-bond acceptors (Lipinski definition) is 3. The van der Waals surface area contributed by atoms with E-state index in [1.54, 1.807) is 29.2 Å². The molecular formula is C9H7N3O2. The van der Waals surface area contributed by atoms with Crippen LogP contribution in [-0.2, 0) is 4.79 Å². The molecule has 0 aliphatic rings. The number of carboxylic acids is 1. The molecule has 0 spiro atoms. The van der Waals surface area contributed by atoms with Crippen molar-refractivity contribution in [1.29, 1.82) is 0 Å². The summed E-state index contributed by atoms with van der Waals surface area (Å²) < 4.78 is 1.76. The summed E-state index contributed by atoms with van der Waals surface area (Å²) in [5.41, 5.74) is 1.40. The number of carbonyl (C=O) groups is 1. The van der Waals surface area contributed by atoms with Gasteiger partial charge in [0.05, 0.1) is 18.1 Å². The summed E-state index contributed by atoms with van der Waals surface area (Å²) in [5, 5.41) is 8.46. The maximum Gasteiger partial charge on any atom is 0.328 e. The molecule has 2 aromatic rings. The molecule has 0 aliphatic carbocycles. The Bertz CT molecular complexity index is 501. The van der Waals surface area contributed by atoms with Gasteiger partial charge in [0.25, 0.3) is 0 Å². The molecule has 2 rings (SSSR count). The van der Waals surface area contributed by atoms with Gasteiger partial charge < -0.3 is 5.11 Å². The molecule has 5 heteroatoms. The Hall–Kier alpha value is -2.17. The van der Waals surface area contributed by atoms with Gasteiger partial charge in [0.2, 0.25) is 0 Å². The number of hydrogen-bond donors (Lipinski definition) is 1. The zero-order chi connectivity index (χ0) is 9.97. The smallest absolute Gasteiger partial charge is 0.328 e.